The number of fused-ring (bicyclic) bond motifs is 2. The van der Waals surface area contributed by atoms with E-state index in [9.17, 15) is 24.3 Å². The normalized spacial score (nSPS) is 18.9. The highest BCUT2D eigenvalue weighted by atomic mass is 32.2. The number of nitrogens with zero attached hydrogens (tertiary/aromatic N) is 5. The third kappa shape index (κ3) is 5.16. The molecule has 1 fully saturated rings. The van der Waals surface area contributed by atoms with Gasteiger partial charge in [-0.2, -0.15) is 4.40 Å². The number of oxime groups is 1. The molecule has 0 aromatic carbocycles. The minimum atomic E-state index is -1.21. The molecular weight excluding hydrogens is 579 g/mol. The predicted octanol–water partition coefficient (Wildman–Crippen LogP) is 0.736. The Kier molecular flexibility index (Phi) is 7.82. The maximum atomic E-state index is 13.1. The highest BCUT2D eigenvalue weighted by molar-refractivity contribution is 8.01. The van der Waals surface area contributed by atoms with E-state index in [1.165, 1.54) is 42.5 Å². The summed E-state index contributed by atoms with van der Waals surface area (Å²) in [6, 6.07) is 4.74. The van der Waals surface area contributed by atoms with Gasteiger partial charge >= 0.3 is 5.97 Å². The summed E-state index contributed by atoms with van der Waals surface area (Å²) in [6.07, 6.45) is 3.68. The van der Waals surface area contributed by atoms with Crippen molar-refractivity contribution in [2.24, 2.45) is 5.16 Å². The van der Waals surface area contributed by atoms with Gasteiger partial charge in [0, 0.05) is 23.0 Å². The molecule has 1 saturated heterocycles. The first-order chi connectivity index (χ1) is 19.2. The molecule has 208 valence electrons. The van der Waals surface area contributed by atoms with E-state index in [4.69, 9.17) is 10.6 Å². The molecule has 0 unspecified atom stereocenters. The maximum Gasteiger partial charge on any atom is 0.352 e. The molecule has 0 aliphatic carbocycles. The Balaban J connectivity index is 1.32. The fraction of sp³-hybridized carbons (Fsp3) is 0.292. The van der Waals surface area contributed by atoms with Crippen LogP contribution in [0.2, 0.25) is 0 Å². The number of carbonyl (C=O) groups is 4. The summed E-state index contributed by atoms with van der Waals surface area (Å²) in [5.41, 5.74) is 7.08. The number of thioether (sulfide) groups is 2. The van der Waals surface area contributed by atoms with Crippen LogP contribution in [0.5, 0.6) is 0 Å². The molecule has 2 aliphatic rings. The van der Waals surface area contributed by atoms with Gasteiger partial charge in [-0.3, -0.25) is 19.3 Å². The number of Topliss-reactive ketones (excluding diaryl/α,β-unsaturated/α-hetero) is 1. The lowest BCUT2D eigenvalue weighted by atomic mass is 10.0. The van der Waals surface area contributed by atoms with Crippen molar-refractivity contribution < 1.29 is 33.7 Å². The van der Waals surface area contributed by atoms with E-state index in [1.807, 2.05) is 39.6 Å². The van der Waals surface area contributed by atoms with Gasteiger partial charge in [-0.25, -0.2) is 14.3 Å². The molecule has 16 heteroatoms. The quantitative estimate of drug-likeness (QED) is 0.0988. The van der Waals surface area contributed by atoms with Crippen LogP contribution in [0.3, 0.4) is 0 Å². The van der Waals surface area contributed by atoms with E-state index in [0.717, 1.165) is 22.0 Å². The zero-order chi connectivity index (χ0) is 28.6. The van der Waals surface area contributed by atoms with Crippen LogP contribution in [-0.4, -0.2) is 78.7 Å². The van der Waals surface area contributed by atoms with Gasteiger partial charge in [-0.15, -0.1) is 23.1 Å². The molecule has 2 atom stereocenters. The van der Waals surface area contributed by atoms with Crippen molar-refractivity contribution in [1.82, 2.24) is 19.6 Å². The number of imidazole rings is 1. The van der Waals surface area contributed by atoms with Crippen LogP contribution in [0.25, 0.3) is 5.65 Å². The first kappa shape index (κ1) is 27.7. The number of thiazole rings is 1. The van der Waals surface area contributed by atoms with E-state index < -0.39 is 29.2 Å². The van der Waals surface area contributed by atoms with Gasteiger partial charge in [-0.1, -0.05) is 16.9 Å². The predicted molar refractivity (Wildman–Crippen MR) is 149 cm³/mol. The molecule has 0 saturated carbocycles. The number of carbonyl (C=O) groups excluding carboxylic acids is 3. The summed E-state index contributed by atoms with van der Waals surface area (Å²) >= 11 is 3.93. The van der Waals surface area contributed by atoms with Crippen LogP contribution >= 0.6 is 34.9 Å². The molecule has 3 aromatic heterocycles. The van der Waals surface area contributed by atoms with Gasteiger partial charge in [0.25, 0.3) is 17.5 Å². The maximum absolute atomic E-state index is 13.1. The van der Waals surface area contributed by atoms with E-state index >= 15 is 0 Å². The van der Waals surface area contributed by atoms with Crippen molar-refractivity contribution >= 4 is 74.9 Å². The average Bonchev–Trinajstić information content (AvgIpc) is 3.54. The van der Waals surface area contributed by atoms with E-state index in [2.05, 4.69) is 15.5 Å². The summed E-state index contributed by atoms with van der Waals surface area (Å²) < 4.78 is 3.78. The van der Waals surface area contributed by atoms with Crippen molar-refractivity contribution in [3.8, 4) is 0 Å². The zero-order valence-corrected chi connectivity index (χ0v) is 23.7. The highest BCUT2D eigenvalue weighted by Crippen LogP contribution is 2.41. The second-order valence-corrected chi connectivity index (χ2v) is 11.8. The van der Waals surface area contributed by atoms with Gasteiger partial charge in [0.15, 0.2) is 21.7 Å². The van der Waals surface area contributed by atoms with Gasteiger partial charge in [0.1, 0.15) is 48.9 Å². The number of carboxylic acids is 1. The van der Waals surface area contributed by atoms with E-state index in [0.29, 0.717) is 17.1 Å². The number of amides is 2. The first-order valence-corrected chi connectivity index (χ1v) is 14.8. The standard InChI is InChI=1S/C24H23N7O6S3/c1-12(32)8-29-6-7-30-15(29)4-3-5-16(30)38-9-13-10-39-22-18(21(34)31(22)19(13)23(35)36)27-20(33)17(28-37-2)14-11-40-24(25)26-14/h3-7,11,18,22H,8-10H2,1-2H3,(H3-,25,26,27,33,35,36)/p+1/b28-17-/t18-,22-/m1/s1. The number of rotatable bonds is 10. The fourth-order valence-corrected chi connectivity index (χ4v) is 7.50. The lowest BCUT2D eigenvalue weighted by Gasteiger charge is -2.49. The lowest BCUT2D eigenvalue weighted by molar-refractivity contribution is -0.657. The zero-order valence-electron chi connectivity index (χ0n) is 21.3. The summed E-state index contributed by atoms with van der Waals surface area (Å²) in [5, 5.41) is 18.5. The number of hydrogen-bond acceptors (Lipinski definition) is 11. The first-order valence-electron chi connectivity index (χ1n) is 11.8. The summed E-state index contributed by atoms with van der Waals surface area (Å²) in [6.45, 7) is 1.78. The van der Waals surface area contributed by atoms with Crippen LogP contribution in [0.1, 0.15) is 12.6 Å². The van der Waals surface area contributed by atoms with E-state index in [-0.39, 0.29) is 34.6 Å². The fourth-order valence-electron chi connectivity index (χ4n) is 4.45. The van der Waals surface area contributed by atoms with Crippen molar-refractivity contribution in [3.05, 3.63) is 52.9 Å². The van der Waals surface area contributed by atoms with Gasteiger partial charge in [-0.05, 0) is 24.6 Å². The number of hydrogen-bond donors (Lipinski definition) is 3. The topological polar surface area (TPSA) is 173 Å². The summed E-state index contributed by atoms with van der Waals surface area (Å²) in [7, 11) is 1.28. The second kappa shape index (κ2) is 11.3. The minimum Gasteiger partial charge on any atom is -0.477 e. The number of nitrogen functional groups attached to an aromatic ring is 1. The largest absolute Gasteiger partial charge is 0.477 e. The molecule has 3 aromatic rings. The number of carboxylic acid groups (broad SMARTS) is 1. The monoisotopic (exact) mass is 602 g/mol. The van der Waals surface area contributed by atoms with Crippen molar-refractivity contribution in [3.63, 3.8) is 0 Å². The molecular formula is C24H24N7O6S3+. The molecule has 0 bridgehead atoms. The molecule has 5 heterocycles. The van der Waals surface area contributed by atoms with Crippen molar-refractivity contribution in [1.29, 1.82) is 0 Å². The number of aromatic nitrogens is 3. The van der Waals surface area contributed by atoms with Crippen LogP contribution in [0.15, 0.2) is 57.4 Å². The SMILES string of the molecule is CO/N=C(\C(=O)N[C@@H]1C(=O)N2C(C(=O)O)=C(CSc3cccc4n3cc[n+]4CC(C)=O)CS[C@H]12)c1csc(N)n1. The Labute approximate surface area is 240 Å². The number of nitrogens with one attached hydrogen (secondary N) is 1. The number of ketones is 1. The Morgan fingerprint density at radius 2 is 2.17 bits per heavy atom. The summed E-state index contributed by atoms with van der Waals surface area (Å²) in [5.74, 6) is -1.69. The van der Waals surface area contributed by atoms with Gasteiger partial charge < -0.3 is 21.0 Å². The molecule has 2 amide bonds. The van der Waals surface area contributed by atoms with Crippen LogP contribution < -0.4 is 15.6 Å². The third-order valence-corrected chi connectivity index (χ3v) is 9.28. The van der Waals surface area contributed by atoms with Crippen molar-refractivity contribution in [2.75, 3.05) is 24.3 Å². The van der Waals surface area contributed by atoms with Crippen LogP contribution in [-0.2, 0) is 30.6 Å². The second-order valence-electron chi connectivity index (χ2n) is 8.82. The number of anilines is 1. The Bertz CT molecular complexity index is 1600. The van der Waals surface area contributed by atoms with Crippen LogP contribution in [0.4, 0.5) is 5.13 Å². The molecule has 13 nitrogen and oxygen atoms in total. The number of β-lactam (4-membered cyclic amide) rings is 1. The Morgan fingerprint density at radius 1 is 1.38 bits per heavy atom. The Hall–Kier alpha value is -3.89. The van der Waals surface area contributed by atoms with Crippen molar-refractivity contribution in [2.45, 2.75) is 29.9 Å². The van der Waals surface area contributed by atoms with Gasteiger partial charge in [0.2, 0.25) is 0 Å². The molecule has 40 heavy (non-hydrogen) atoms. The lowest BCUT2D eigenvalue weighted by Crippen LogP contribution is -2.71. The Morgan fingerprint density at radius 3 is 2.85 bits per heavy atom. The molecule has 5 rings (SSSR count). The molecule has 4 N–H and O–H groups in total. The molecule has 0 spiro atoms. The highest BCUT2D eigenvalue weighted by Gasteiger charge is 2.54. The molecule has 2 aliphatic heterocycles. The number of aliphatic carboxylic acids is 1. The van der Waals surface area contributed by atoms with Crippen LogP contribution in [0, 0.1) is 0 Å². The molecule has 0 radical (unpaired) electrons. The smallest absolute Gasteiger partial charge is 0.352 e. The number of pyridine rings is 1. The minimum absolute atomic E-state index is 0.0324. The van der Waals surface area contributed by atoms with Gasteiger partial charge in [0.05, 0.1) is 0 Å². The number of nitrogens with two attached hydrogens (primary N) is 1. The average molecular weight is 603 g/mol. The summed E-state index contributed by atoms with van der Waals surface area (Å²) in [4.78, 5) is 60.0. The van der Waals surface area contributed by atoms with E-state index in [1.54, 1.807) is 5.38 Å². The third-order valence-electron chi connectivity index (χ3n) is 6.14.